The van der Waals surface area contributed by atoms with Crippen LogP contribution in [0.2, 0.25) is 10.0 Å². The fraction of sp³-hybridized carbons (Fsp3) is 0.286. The van der Waals surface area contributed by atoms with Crippen LogP contribution in [0.4, 0.5) is 5.69 Å². The molecule has 0 bridgehead atoms. The van der Waals surface area contributed by atoms with Gasteiger partial charge in [-0.05, 0) is 66.7 Å². The zero-order chi connectivity index (χ0) is 17.9. The monoisotopic (exact) mass is 385 g/mol. The molecule has 2 heterocycles. The highest BCUT2D eigenvalue weighted by atomic mass is 35.5. The van der Waals surface area contributed by atoms with E-state index in [4.69, 9.17) is 23.2 Å². The third-order valence-corrected chi connectivity index (χ3v) is 5.28. The quantitative estimate of drug-likeness (QED) is 0.631. The molecule has 0 amide bonds. The first-order valence-corrected chi connectivity index (χ1v) is 9.69. The first kappa shape index (κ1) is 17.6. The maximum Gasteiger partial charge on any atom is 0.0424 e. The number of pyridine rings is 1. The molecule has 1 N–H and O–H groups in total. The molecule has 1 aliphatic rings. The van der Waals surface area contributed by atoms with E-state index in [-0.39, 0.29) is 0 Å². The maximum absolute atomic E-state index is 6.13. The van der Waals surface area contributed by atoms with Gasteiger partial charge in [0.1, 0.15) is 0 Å². The van der Waals surface area contributed by atoms with Gasteiger partial charge < -0.3 is 5.32 Å². The van der Waals surface area contributed by atoms with E-state index in [1.54, 1.807) is 6.07 Å². The largest absolute Gasteiger partial charge is 0.381 e. The van der Waals surface area contributed by atoms with Crippen LogP contribution in [0.25, 0.3) is 10.8 Å². The Kier molecular flexibility index (Phi) is 5.30. The summed E-state index contributed by atoms with van der Waals surface area (Å²) in [7, 11) is 0. The molecule has 1 aromatic heterocycles. The van der Waals surface area contributed by atoms with E-state index >= 15 is 0 Å². The van der Waals surface area contributed by atoms with Crippen molar-refractivity contribution in [1.82, 2.24) is 9.88 Å². The van der Waals surface area contributed by atoms with Crippen LogP contribution >= 0.6 is 23.2 Å². The molecule has 0 aliphatic carbocycles. The van der Waals surface area contributed by atoms with Crippen LogP contribution in [0.15, 0.2) is 54.9 Å². The summed E-state index contributed by atoms with van der Waals surface area (Å²) in [4.78, 5) is 6.64. The standard InChI is InChI=1S/C21H21Cl2N3/c22-18-8-15(9-19(23)11-18)13-26-7-1-2-21(14-26)25-20-4-3-17-12-24-6-5-16(17)10-20/h3-6,8-12,21,25H,1-2,7,13-14H2. The van der Waals surface area contributed by atoms with Crippen molar-refractivity contribution < 1.29 is 0 Å². The van der Waals surface area contributed by atoms with Gasteiger partial charge in [-0.2, -0.15) is 0 Å². The predicted molar refractivity (Wildman–Crippen MR) is 110 cm³/mol. The van der Waals surface area contributed by atoms with Crippen molar-refractivity contribution in [2.45, 2.75) is 25.4 Å². The predicted octanol–water partition coefficient (Wildman–Crippen LogP) is 5.62. The Hall–Kier alpha value is -1.81. The minimum absolute atomic E-state index is 0.442. The second-order valence-electron chi connectivity index (χ2n) is 6.93. The summed E-state index contributed by atoms with van der Waals surface area (Å²) in [5, 5.41) is 7.48. The van der Waals surface area contributed by atoms with E-state index in [0.717, 1.165) is 19.6 Å². The Morgan fingerprint density at radius 3 is 2.73 bits per heavy atom. The first-order valence-electron chi connectivity index (χ1n) is 8.93. The molecule has 0 saturated carbocycles. The number of anilines is 1. The Morgan fingerprint density at radius 1 is 1.04 bits per heavy atom. The first-order chi connectivity index (χ1) is 12.7. The van der Waals surface area contributed by atoms with Gasteiger partial charge >= 0.3 is 0 Å². The smallest absolute Gasteiger partial charge is 0.0424 e. The van der Waals surface area contributed by atoms with Gasteiger partial charge in [-0.3, -0.25) is 9.88 Å². The molecule has 1 saturated heterocycles. The lowest BCUT2D eigenvalue weighted by Gasteiger charge is -2.33. The summed E-state index contributed by atoms with van der Waals surface area (Å²) in [6, 6.07) is 14.7. The van der Waals surface area contributed by atoms with Crippen molar-refractivity contribution >= 4 is 39.7 Å². The lowest BCUT2D eigenvalue weighted by molar-refractivity contribution is 0.208. The van der Waals surface area contributed by atoms with Crippen LogP contribution in [-0.4, -0.2) is 29.0 Å². The topological polar surface area (TPSA) is 28.2 Å². The van der Waals surface area contributed by atoms with Crippen LogP contribution in [0, 0.1) is 0 Å². The van der Waals surface area contributed by atoms with Gasteiger partial charge in [-0.25, -0.2) is 0 Å². The maximum atomic E-state index is 6.13. The number of piperidine rings is 1. The van der Waals surface area contributed by atoms with Gasteiger partial charge in [0.05, 0.1) is 0 Å². The Bertz CT molecular complexity index is 892. The summed E-state index contributed by atoms with van der Waals surface area (Å²) in [6.07, 6.45) is 6.10. The summed E-state index contributed by atoms with van der Waals surface area (Å²) < 4.78 is 0. The van der Waals surface area contributed by atoms with Crippen molar-refractivity contribution in [2.75, 3.05) is 18.4 Å². The molecule has 0 spiro atoms. The third-order valence-electron chi connectivity index (χ3n) is 4.85. The number of hydrogen-bond acceptors (Lipinski definition) is 3. The Labute approximate surface area is 163 Å². The average molecular weight is 386 g/mol. The van der Waals surface area contributed by atoms with Crippen molar-refractivity contribution in [3.05, 3.63) is 70.5 Å². The number of rotatable bonds is 4. The number of fused-ring (bicyclic) bond motifs is 1. The van der Waals surface area contributed by atoms with Crippen molar-refractivity contribution in [3.8, 4) is 0 Å². The normalized spacial score (nSPS) is 18.2. The summed E-state index contributed by atoms with van der Waals surface area (Å²) >= 11 is 12.3. The van der Waals surface area contributed by atoms with Crippen LogP contribution in [0.1, 0.15) is 18.4 Å². The zero-order valence-electron chi connectivity index (χ0n) is 14.5. The molecular formula is C21H21Cl2N3. The summed E-state index contributed by atoms with van der Waals surface area (Å²) in [5.74, 6) is 0. The molecule has 1 unspecified atom stereocenters. The van der Waals surface area contributed by atoms with E-state index < -0.39 is 0 Å². The second-order valence-corrected chi connectivity index (χ2v) is 7.81. The highest BCUT2D eigenvalue weighted by Crippen LogP contribution is 2.24. The van der Waals surface area contributed by atoms with E-state index in [9.17, 15) is 0 Å². The zero-order valence-corrected chi connectivity index (χ0v) is 16.0. The van der Waals surface area contributed by atoms with Crippen LogP contribution < -0.4 is 5.32 Å². The minimum Gasteiger partial charge on any atom is -0.381 e. The molecule has 3 aromatic rings. The molecule has 5 heteroatoms. The number of likely N-dealkylation sites (tertiary alicyclic amines) is 1. The molecule has 1 atom stereocenters. The highest BCUT2D eigenvalue weighted by molar-refractivity contribution is 6.34. The van der Waals surface area contributed by atoms with Gasteiger partial charge in [-0.15, -0.1) is 0 Å². The molecular weight excluding hydrogens is 365 g/mol. The molecule has 134 valence electrons. The van der Waals surface area contributed by atoms with Gasteiger partial charge in [0.2, 0.25) is 0 Å². The summed E-state index contributed by atoms with van der Waals surface area (Å²) in [5.41, 5.74) is 2.34. The molecule has 2 aromatic carbocycles. The van der Waals surface area contributed by atoms with E-state index in [2.05, 4.69) is 39.5 Å². The number of nitrogens with one attached hydrogen (secondary N) is 1. The number of halogens is 2. The van der Waals surface area contributed by atoms with E-state index in [1.807, 2.05) is 24.5 Å². The van der Waals surface area contributed by atoms with Crippen LogP contribution in [0.3, 0.4) is 0 Å². The van der Waals surface area contributed by atoms with Crippen LogP contribution in [0.5, 0.6) is 0 Å². The van der Waals surface area contributed by atoms with Gasteiger partial charge in [0.25, 0.3) is 0 Å². The number of benzene rings is 2. The molecule has 4 rings (SSSR count). The second kappa shape index (κ2) is 7.83. The number of aromatic nitrogens is 1. The van der Waals surface area contributed by atoms with Gasteiger partial charge in [0, 0.05) is 52.6 Å². The Balaban J connectivity index is 1.42. The summed E-state index contributed by atoms with van der Waals surface area (Å²) in [6.45, 7) is 2.99. The van der Waals surface area contributed by atoms with Gasteiger partial charge in [-0.1, -0.05) is 29.3 Å². The molecule has 1 aliphatic heterocycles. The third kappa shape index (κ3) is 4.29. The lowest BCUT2D eigenvalue weighted by atomic mass is 10.0. The average Bonchev–Trinajstić information content (AvgIpc) is 2.61. The van der Waals surface area contributed by atoms with E-state index in [0.29, 0.717) is 16.1 Å². The fourth-order valence-corrected chi connectivity index (χ4v) is 4.26. The van der Waals surface area contributed by atoms with Crippen molar-refractivity contribution in [3.63, 3.8) is 0 Å². The molecule has 3 nitrogen and oxygen atoms in total. The SMILES string of the molecule is Clc1cc(Cl)cc(CN2CCCC(Nc3ccc4cnccc4c3)C2)c1. The minimum atomic E-state index is 0.442. The van der Waals surface area contributed by atoms with Gasteiger partial charge in [0.15, 0.2) is 0 Å². The lowest BCUT2D eigenvalue weighted by Crippen LogP contribution is -2.41. The number of nitrogens with zero attached hydrogens (tertiary/aromatic N) is 2. The fourth-order valence-electron chi connectivity index (χ4n) is 3.69. The molecule has 1 fully saturated rings. The van der Waals surface area contributed by atoms with Crippen molar-refractivity contribution in [1.29, 1.82) is 0 Å². The van der Waals surface area contributed by atoms with Crippen LogP contribution in [-0.2, 0) is 6.54 Å². The molecule has 0 radical (unpaired) electrons. The number of hydrogen-bond donors (Lipinski definition) is 1. The van der Waals surface area contributed by atoms with Crippen molar-refractivity contribution in [2.24, 2.45) is 0 Å². The highest BCUT2D eigenvalue weighted by Gasteiger charge is 2.20. The van der Waals surface area contributed by atoms with E-state index in [1.165, 1.54) is 34.9 Å². The Morgan fingerprint density at radius 2 is 1.88 bits per heavy atom. The molecule has 26 heavy (non-hydrogen) atoms.